The summed E-state index contributed by atoms with van der Waals surface area (Å²) in [6.45, 7) is 13.7. The van der Waals surface area contributed by atoms with Gasteiger partial charge in [0.1, 0.15) is 0 Å². The SMILES string of the molecule is C#C.C=C/C(C)=C(\C=C)c1ccc2ccccc2c1.CC. The highest BCUT2D eigenvalue weighted by Crippen LogP contribution is 2.24. The zero-order valence-electron chi connectivity index (χ0n) is 13.3. The third-order valence-electron chi connectivity index (χ3n) is 3.00. The van der Waals surface area contributed by atoms with Crippen LogP contribution < -0.4 is 0 Å². The number of benzene rings is 2. The van der Waals surface area contributed by atoms with Gasteiger partial charge in [0.15, 0.2) is 0 Å². The summed E-state index contributed by atoms with van der Waals surface area (Å²) in [6.07, 6.45) is 11.8. The highest BCUT2D eigenvalue weighted by Gasteiger charge is 2.01. The van der Waals surface area contributed by atoms with Crippen LogP contribution in [0.25, 0.3) is 16.3 Å². The molecular formula is C21H24. The van der Waals surface area contributed by atoms with Gasteiger partial charge in [0.05, 0.1) is 0 Å². The third kappa shape index (κ3) is 4.82. The van der Waals surface area contributed by atoms with Crippen LogP contribution >= 0.6 is 0 Å². The Balaban J connectivity index is 0.000000921. The average molecular weight is 276 g/mol. The molecule has 0 fully saturated rings. The van der Waals surface area contributed by atoms with Crippen LogP contribution in [0.1, 0.15) is 26.3 Å². The van der Waals surface area contributed by atoms with Crippen LogP contribution in [0.4, 0.5) is 0 Å². The second kappa shape index (κ2) is 10.3. The van der Waals surface area contributed by atoms with Crippen LogP contribution in [0, 0.1) is 12.8 Å². The predicted molar refractivity (Wildman–Crippen MR) is 98.2 cm³/mol. The maximum atomic E-state index is 4.00. The van der Waals surface area contributed by atoms with E-state index in [0.717, 1.165) is 11.1 Å². The smallest absolute Gasteiger partial charge is 0.0161 e. The van der Waals surface area contributed by atoms with E-state index in [1.807, 2.05) is 26.0 Å². The quantitative estimate of drug-likeness (QED) is 0.458. The summed E-state index contributed by atoms with van der Waals surface area (Å²) in [7, 11) is 0. The molecule has 0 unspecified atom stereocenters. The van der Waals surface area contributed by atoms with Crippen molar-refractivity contribution in [3.8, 4) is 12.8 Å². The van der Waals surface area contributed by atoms with Gasteiger partial charge in [-0.3, -0.25) is 0 Å². The molecule has 2 rings (SSSR count). The van der Waals surface area contributed by atoms with E-state index in [1.165, 1.54) is 16.3 Å². The Labute approximate surface area is 129 Å². The number of hydrogen-bond donors (Lipinski definition) is 0. The number of allylic oxidation sites excluding steroid dienone is 4. The van der Waals surface area contributed by atoms with Crippen molar-refractivity contribution in [2.24, 2.45) is 0 Å². The molecule has 2 aromatic rings. The fourth-order valence-corrected chi connectivity index (χ4v) is 1.97. The van der Waals surface area contributed by atoms with E-state index < -0.39 is 0 Å². The zero-order valence-corrected chi connectivity index (χ0v) is 13.3. The van der Waals surface area contributed by atoms with Crippen LogP contribution in [0.2, 0.25) is 0 Å². The van der Waals surface area contributed by atoms with Crippen LogP contribution in [-0.2, 0) is 0 Å². The Hall–Kier alpha value is -2.52. The van der Waals surface area contributed by atoms with E-state index in [9.17, 15) is 0 Å². The van der Waals surface area contributed by atoms with Gasteiger partial charge in [0, 0.05) is 0 Å². The van der Waals surface area contributed by atoms with Crippen molar-refractivity contribution >= 4 is 16.3 Å². The molecule has 0 bridgehead atoms. The molecule has 21 heavy (non-hydrogen) atoms. The van der Waals surface area contributed by atoms with E-state index in [1.54, 1.807) is 0 Å². The third-order valence-corrected chi connectivity index (χ3v) is 3.00. The summed E-state index contributed by atoms with van der Waals surface area (Å²) in [6, 6.07) is 14.8. The van der Waals surface area contributed by atoms with Gasteiger partial charge in [-0.2, -0.15) is 0 Å². The molecule has 0 nitrogen and oxygen atoms in total. The molecule has 0 aliphatic rings. The van der Waals surface area contributed by atoms with Crippen molar-refractivity contribution in [1.29, 1.82) is 0 Å². The van der Waals surface area contributed by atoms with Crippen LogP contribution in [0.3, 0.4) is 0 Å². The minimum Gasteiger partial charge on any atom is -0.124 e. The standard InChI is InChI=1S/C17H16.C2H6.C2H2/c1-4-13(3)17(5-2)16-11-10-14-8-6-7-9-15(14)12-16;2*1-2/h4-12H,1-2H2,3H3;1-2H3;1-2H/b17-13+;;. The van der Waals surface area contributed by atoms with Crippen molar-refractivity contribution in [3.63, 3.8) is 0 Å². The second-order valence-electron chi connectivity index (χ2n) is 4.07. The Bertz CT molecular complexity index is 639. The minimum absolute atomic E-state index is 1.14. The van der Waals surface area contributed by atoms with Gasteiger partial charge in [-0.15, -0.1) is 12.8 Å². The van der Waals surface area contributed by atoms with Gasteiger partial charge >= 0.3 is 0 Å². The molecule has 2 aromatic carbocycles. The first-order valence-corrected chi connectivity index (χ1v) is 7.04. The minimum atomic E-state index is 1.14. The zero-order chi connectivity index (χ0) is 16.3. The van der Waals surface area contributed by atoms with Gasteiger partial charge < -0.3 is 0 Å². The number of terminal acetylenes is 1. The molecule has 108 valence electrons. The molecule has 0 spiro atoms. The van der Waals surface area contributed by atoms with Crippen LogP contribution in [0.15, 0.2) is 73.3 Å². The molecule has 0 amide bonds. The monoisotopic (exact) mass is 276 g/mol. The Morgan fingerprint density at radius 1 is 0.905 bits per heavy atom. The van der Waals surface area contributed by atoms with Gasteiger partial charge in [-0.05, 0) is 40.5 Å². The molecule has 0 heteroatoms. The molecule has 0 aromatic heterocycles. The Kier molecular flexibility index (Phi) is 9.05. The maximum Gasteiger partial charge on any atom is -0.0161 e. The summed E-state index contributed by atoms with van der Waals surface area (Å²) >= 11 is 0. The molecule has 0 saturated heterocycles. The first-order valence-electron chi connectivity index (χ1n) is 7.04. The highest BCUT2D eigenvalue weighted by atomic mass is 14.1. The van der Waals surface area contributed by atoms with Crippen molar-refractivity contribution in [2.45, 2.75) is 20.8 Å². The fraction of sp³-hybridized carbons (Fsp3) is 0.143. The predicted octanol–water partition coefficient (Wildman–Crippen LogP) is 6.26. The Morgan fingerprint density at radius 2 is 1.48 bits per heavy atom. The highest BCUT2D eigenvalue weighted by molar-refractivity contribution is 5.88. The fourth-order valence-electron chi connectivity index (χ4n) is 1.97. The Morgan fingerprint density at radius 3 is 2.00 bits per heavy atom. The maximum absolute atomic E-state index is 4.00. The largest absolute Gasteiger partial charge is 0.124 e. The molecule has 0 aliphatic carbocycles. The van der Waals surface area contributed by atoms with Crippen molar-refractivity contribution in [1.82, 2.24) is 0 Å². The lowest BCUT2D eigenvalue weighted by atomic mass is 9.98. The lowest BCUT2D eigenvalue weighted by molar-refractivity contribution is 1.50. The molecule has 0 heterocycles. The summed E-state index contributed by atoms with van der Waals surface area (Å²) in [5.74, 6) is 0. The molecular weight excluding hydrogens is 252 g/mol. The molecule has 0 aliphatic heterocycles. The van der Waals surface area contributed by atoms with Crippen molar-refractivity contribution in [3.05, 3.63) is 78.9 Å². The lowest BCUT2D eigenvalue weighted by Crippen LogP contribution is -1.84. The summed E-state index contributed by atoms with van der Waals surface area (Å²) in [4.78, 5) is 0. The van der Waals surface area contributed by atoms with E-state index >= 15 is 0 Å². The van der Waals surface area contributed by atoms with E-state index in [-0.39, 0.29) is 0 Å². The lowest BCUT2D eigenvalue weighted by Gasteiger charge is -2.07. The second-order valence-corrected chi connectivity index (χ2v) is 4.07. The molecule has 0 saturated carbocycles. The first-order chi connectivity index (χ1) is 10.3. The van der Waals surface area contributed by atoms with Crippen LogP contribution in [-0.4, -0.2) is 0 Å². The topological polar surface area (TPSA) is 0 Å². The molecule has 0 radical (unpaired) electrons. The normalized spacial score (nSPS) is 10.1. The molecule has 0 N–H and O–H groups in total. The summed E-state index contributed by atoms with van der Waals surface area (Å²) in [5.41, 5.74) is 3.48. The van der Waals surface area contributed by atoms with Gasteiger partial charge in [-0.25, -0.2) is 0 Å². The number of fused-ring (bicyclic) bond motifs is 1. The van der Waals surface area contributed by atoms with Crippen molar-refractivity contribution in [2.75, 3.05) is 0 Å². The average Bonchev–Trinajstić information content (AvgIpc) is 2.58. The van der Waals surface area contributed by atoms with Crippen molar-refractivity contribution < 1.29 is 0 Å². The van der Waals surface area contributed by atoms with Gasteiger partial charge in [0.2, 0.25) is 0 Å². The number of hydrogen-bond acceptors (Lipinski definition) is 0. The van der Waals surface area contributed by atoms with E-state index in [2.05, 4.69) is 75.4 Å². The number of rotatable bonds is 3. The van der Waals surface area contributed by atoms with Crippen LogP contribution in [0.5, 0.6) is 0 Å². The molecule has 0 atom stereocenters. The van der Waals surface area contributed by atoms with Gasteiger partial charge in [0.25, 0.3) is 0 Å². The summed E-state index contributed by atoms with van der Waals surface area (Å²) in [5, 5.41) is 2.51. The van der Waals surface area contributed by atoms with Gasteiger partial charge in [-0.1, -0.05) is 75.6 Å². The van der Waals surface area contributed by atoms with E-state index in [0.29, 0.717) is 0 Å². The summed E-state index contributed by atoms with van der Waals surface area (Å²) < 4.78 is 0. The first kappa shape index (κ1) is 18.5. The van der Waals surface area contributed by atoms with E-state index in [4.69, 9.17) is 0 Å².